The van der Waals surface area contributed by atoms with Crippen LogP contribution in [0.2, 0.25) is 0 Å². The third-order valence-electron chi connectivity index (χ3n) is 3.65. The first-order chi connectivity index (χ1) is 11.1. The molecule has 0 aromatic heterocycles. The fourth-order valence-electron chi connectivity index (χ4n) is 2.19. The molecule has 0 aliphatic carbocycles. The zero-order chi connectivity index (χ0) is 16.7. The Bertz CT molecular complexity index is 614. The minimum Gasteiger partial charge on any atom is -0.492 e. The highest BCUT2D eigenvalue weighted by atomic mass is 16.5. The Labute approximate surface area is 136 Å². The van der Waals surface area contributed by atoms with Crippen molar-refractivity contribution < 1.29 is 9.53 Å². The number of carbonyl (C=O) groups excluding carboxylic acids is 1. The molecule has 2 unspecified atom stereocenters. The van der Waals surface area contributed by atoms with E-state index in [4.69, 9.17) is 16.2 Å². The Balaban J connectivity index is 1.95. The summed E-state index contributed by atoms with van der Waals surface area (Å²) in [4.78, 5) is 12.3. The van der Waals surface area contributed by atoms with E-state index in [0.29, 0.717) is 18.8 Å². The number of benzene rings is 2. The van der Waals surface area contributed by atoms with Gasteiger partial charge in [0.2, 0.25) is 5.91 Å². The van der Waals surface area contributed by atoms with E-state index < -0.39 is 0 Å². The summed E-state index contributed by atoms with van der Waals surface area (Å²) in [5.74, 6) is 0.269. The molecule has 2 rings (SSSR count). The van der Waals surface area contributed by atoms with E-state index in [0.717, 1.165) is 11.3 Å². The second kappa shape index (κ2) is 8.31. The molecule has 0 heterocycles. The Morgan fingerprint density at radius 1 is 1.13 bits per heavy atom. The molecular formula is C18H23N3O2. The van der Waals surface area contributed by atoms with E-state index in [-0.39, 0.29) is 17.9 Å². The predicted molar refractivity (Wildman–Crippen MR) is 92.2 cm³/mol. The summed E-state index contributed by atoms with van der Waals surface area (Å²) < 4.78 is 5.40. The molecule has 0 bridgehead atoms. The Morgan fingerprint density at radius 2 is 1.78 bits per heavy atom. The van der Waals surface area contributed by atoms with Crippen LogP contribution in [0.5, 0.6) is 5.75 Å². The summed E-state index contributed by atoms with van der Waals surface area (Å²) in [5, 5.41) is 2.88. The molecule has 5 N–H and O–H groups in total. The summed E-state index contributed by atoms with van der Waals surface area (Å²) in [6.07, 6.45) is 0. The molecule has 1 amide bonds. The monoisotopic (exact) mass is 313 g/mol. The number of nitrogens with one attached hydrogen (secondary N) is 1. The van der Waals surface area contributed by atoms with Gasteiger partial charge in [-0.2, -0.15) is 0 Å². The van der Waals surface area contributed by atoms with Crippen molar-refractivity contribution in [2.45, 2.75) is 13.0 Å². The third-order valence-corrected chi connectivity index (χ3v) is 3.65. The lowest BCUT2D eigenvalue weighted by Gasteiger charge is -2.20. The second-order valence-electron chi connectivity index (χ2n) is 5.38. The minimum atomic E-state index is -0.344. The van der Waals surface area contributed by atoms with Crippen LogP contribution >= 0.6 is 0 Å². The number of hydrogen-bond acceptors (Lipinski definition) is 4. The maximum atomic E-state index is 12.3. The van der Waals surface area contributed by atoms with Crippen molar-refractivity contribution in [1.82, 2.24) is 0 Å². The summed E-state index contributed by atoms with van der Waals surface area (Å²) in [7, 11) is 0. The van der Waals surface area contributed by atoms with Crippen LogP contribution in [0.4, 0.5) is 5.69 Å². The van der Waals surface area contributed by atoms with Gasteiger partial charge < -0.3 is 21.5 Å². The van der Waals surface area contributed by atoms with Gasteiger partial charge in [0, 0.05) is 18.3 Å². The maximum Gasteiger partial charge on any atom is 0.229 e. The Hall–Kier alpha value is -2.37. The van der Waals surface area contributed by atoms with Crippen LogP contribution in [0, 0.1) is 5.92 Å². The van der Waals surface area contributed by atoms with Crippen molar-refractivity contribution in [2.24, 2.45) is 17.4 Å². The molecule has 23 heavy (non-hydrogen) atoms. The van der Waals surface area contributed by atoms with Crippen molar-refractivity contribution in [3.8, 4) is 5.75 Å². The van der Waals surface area contributed by atoms with Crippen LogP contribution in [0.1, 0.15) is 18.5 Å². The molecule has 0 aliphatic heterocycles. The number of carbonyl (C=O) groups is 1. The van der Waals surface area contributed by atoms with Gasteiger partial charge in [-0.25, -0.2) is 0 Å². The molecule has 0 saturated carbocycles. The summed E-state index contributed by atoms with van der Waals surface area (Å²) in [6.45, 7) is 2.76. The zero-order valence-corrected chi connectivity index (χ0v) is 13.2. The molecule has 122 valence electrons. The lowest BCUT2D eigenvalue weighted by Crippen LogP contribution is -2.30. The van der Waals surface area contributed by atoms with Gasteiger partial charge in [-0.05, 0) is 29.8 Å². The van der Waals surface area contributed by atoms with Gasteiger partial charge in [-0.15, -0.1) is 0 Å². The predicted octanol–water partition coefficient (Wildman–Crippen LogP) is 2.30. The summed E-state index contributed by atoms with van der Waals surface area (Å²) in [5.41, 5.74) is 13.2. The van der Waals surface area contributed by atoms with Gasteiger partial charge in [0.25, 0.3) is 0 Å². The fraction of sp³-hybridized carbons (Fsp3) is 0.278. The highest BCUT2D eigenvalue weighted by Crippen LogP contribution is 2.21. The zero-order valence-electron chi connectivity index (χ0n) is 13.2. The molecule has 0 spiro atoms. The van der Waals surface area contributed by atoms with E-state index in [1.807, 2.05) is 37.3 Å². The van der Waals surface area contributed by atoms with E-state index in [1.165, 1.54) is 0 Å². The van der Waals surface area contributed by atoms with Crippen LogP contribution in [0.3, 0.4) is 0 Å². The number of hydrogen-bond donors (Lipinski definition) is 3. The lowest BCUT2D eigenvalue weighted by molar-refractivity contribution is -0.120. The lowest BCUT2D eigenvalue weighted by atomic mass is 9.94. The van der Waals surface area contributed by atoms with Gasteiger partial charge in [-0.3, -0.25) is 4.79 Å². The number of nitrogens with two attached hydrogens (primary N) is 2. The van der Waals surface area contributed by atoms with E-state index in [9.17, 15) is 4.79 Å². The average Bonchev–Trinajstić information content (AvgIpc) is 2.60. The molecular weight excluding hydrogens is 290 g/mol. The topological polar surface area (TPSA) is 90.4 Å². The number of rotatable bonds is 7. The second-order valence-corrected chi connectivity index (χ2v) is 5.38. The van der Waals surface area contributed by atoms with Gasteiger partial charge in [0.05, 0.1) is 5.92 Å². The molecule has 2 aromatic rings. The van der Waals surface area contributed by atoms with Crippen molar-refractivity contribution >= 4 is 11.6 Å². The SMILES string of the molecule is CC(C(=O)Nc1ccc(OCCN)cc1)C(N)c1ccccc1. The first-order valence-corrected chi connectivity index (χ1v) is 7.66. The van der Waals surface area contributed by atoms with Gasteiger partial charge in [-0.1, -0.05) is 37.3 Å². The smallest absolute Gasteiger partial charge is 0.229 e. The standard InChI is InChI=1S/C18H23N3O2/c1-13(17(20)14-5-3-2-4-6-14)18(22)21-15-7-9-16(10-8-15)23-12-11-19/h2-10,13,17H,11-12,19-20H2,1H3,(H,21,22). The molecule has 0 radical (unpaired) electrons. The van der Waals surface area contributed by atoms with Gasteiger partial charge >= 0.3 is 0 Å². The number of anilines is 1. The van der Waals surface area contributed by atoms with Crippen LogP contribution in [-0.4, -0.2) is 19.1 Å². The molecule has 5 nitrogen and oxygen atoms in total. The molecule has 5 heteroatoms. The average molecular weight is 313 g/mol. The molecule has 2 aromatic carbocycles. The molecule has 0 saturated heterocycles. The largest absolute Gasteiger partial charge is 0.492 e. The Morgan fingerprint density at radius 3 is 2.39 bits per heavy atom. The van der Waals surface area contributed by atoms with E-state index in [1.54, 1.807) is 24.3 Å². The van der Waals surface area contributed by atoms with Crippen LogP contribution in [0.25, 0.3) is 0 Å². The van der Waals surface area contributed by atoms with Gasteiger partial charge in [0.1, 0.15) is 12.4 Å². The molecule has 2 atom stereocenters. The first-order valence-electron chi connectivity index (χ1n) is 7.66. The normalized spacial score (nSPS) is 13.2. The fourth-order valence-corrected chi connectivity index (χ4v) is 2.19. The summed E-state index contributed by atoms with van der Waals surface area (Å²) in [6, 6.07) is 16.5. The highest BCUT2D eigenvalue weighted by Gasteiger charge is 2.22. The maximum absolute atomic E-state index is 12.3. The van der Waals surface area contributed by atoms with Crippen LogP contribution < -0.4 is 21.5 Å². The summed E-state index contributed by atoms with van der Waals surface area (Å²) >= 11 is 0. The third kappa shape index (κ3) is 4.81. The van der Waals surface area contributed by atoms with Crippen molar-refractivity contribution in [3.05, 3.63) is 60.2 Å². The van der Waals surface area contributed by atoms with Crippen molar-refractivity contribution in [2.75, 3.05) is 18.5 Å². The molecule has 0 fully saturated rings. The highest BCUT2D eigenvalue weighted by molar-refractivity contribution is 5.92. The van der Waals surface area contributed by atoms with Crippen molar-refractivity contribution in [3.63, 3.8) is 0 Å². The first kappa shape index (κ1) is 17.0. The quantitative estimate of drug-likeness (QED) is 0.731. The minimum absolute atomic E-state index is 0.114. The Kier molecular flexibility index (Phi) is 6.14. The van der Waals surface area contributed by atoms with Crippen LogP contribution in [0.15, 0.2) is 54.6 Å². The van der Waals surface area contributed by atoms with E-state index in [2.05, 4.69) is 5.32 Å². The number of ether oxygens (including phenoxy) is 1. The van der Waals surface area contributed by atoms with Gasteiger partial charge in [0.15, 0.2) is 0 Å². The van der Waals surface area contributed by atoms with Crippen LogP contribution in [-0.2, 0) is 4.79 Å². The number of amides is 1. The van der Waals surface area contributed by atoms with Crippen molar-refractivity contribution in [1.29, 1.82) is 0 Å². The molecule has 0 aliphatic rings. The van der Waals surface area contributed by atoms with E-state index >= 15 is 0 Å².